The fourth-order valence-electron chi connectivity index (χ4n) is 5.88. The lowest BCUT2D eigenvalue weighted by Crippen LogP contribution is -2.43. The van der Waals surface area contributed by atoms with Crippen molar-refractivity contribution in [2.45, 2.75) is 62.5 Å². The molecule has 5 rings (SSSR count). The quantitative estimate of drug-likeness (QED) is 0.342. The highest BCUT2D eigenvalue weighted by atomic mass is 32.2. The molecule has 1 aliphatic heterocycles. The van der Waals surface area contributed by atoms with Gasteiger partial charge in [-0.05, 0) is 43.5 Å². The highest BCUT2D eigenvalue weighted by molar-refractivity contribution is 7.90. The monoisotopic (exact) mass is 582 g/mol. The highest BCUT2D eigenvalue weighted by Crippen LogP contribution is 2.33. The molecule has 3 aromatic rings. The Bertz CT molecular complexity index is 1450. The zero-order valence-corrected chi connectivity index (χ0v) is 24.5. The van der Waals surface area contributed by atoms with E-state index < -0.39 is 15.7 Å². The van der Waals surface area contributed by atoms with E-state index in [1.165, 1.54) is 18.2 Å². The van der Waals surface area contributed by atoms with Crippen molar-refractivity contribution < 1.29 is 22.3 Å². The molecule has 2 heterocycles. The predicted octanol–water partition coefficient (Wildman–Crippen LogP) is 4.78. The van der Waals surface area contributed by atoms with Crippen LogP contribution >= 0.6 is 0 Å². The van der Waals surface area contributed by atoms with Gasteiger partial charge in [-0.15, -0.1) is 0 Å². The number of aryl methyl sites for hydroxylation is 1. The van der Waals surface area contributed by atoms with Crippen LogP contribution in [0.2, 0.25) is 0 Å². The van der Waals surface area contributed by atoms with Crippen LogP contribution in [0.4, 0.5) is 4.39 Å². The molecule has 1 saturated carbocycles. The van der Waals surface area contributed by atoms with Crippen LogP contribution in [0.1, 0.15) is 65.3 Å². The normalized spacial score (nSPS) is 17.0. The van der Waals surface area contributed by atoms with E-state index in [1.807, 2.05) is 35.8 Å². The molecule has 0 spiro atoms. The second kappa shape index (κ2) is 13.3. The van der Waals surface area contributed by atoms with Gasteiger partial charge in [-0.2, -0.15) is 0 Å². The van der Waals surface area contributed by atoms with Crippen molar-refractivity contribution >= 4 is 15.7 Å². The van der Waals surface area contributed by atoms with E-state index in [4.69, 9.17) is 4.74 Å². The minimum Gasteiger partial charge on any atom is -0.379 e. The van der Waals surface area contributed by atoms with E-state index in [-0.39, 0.29) is 35.0 Å². The summed E-state index contributed by atoms with van der Waals surface area (Å²) in [6, 6.07) is 13.2. The molecule has 1 saturated heterocycles. The van der Waals surface area contributed by atoms with Gasteiger partial charge in [0.15, 0.2) is 0 Å². The summed E-state index contributed by atoms with van der Waals surface area (Å²) in [5, 5.41) is 0.0623. The fraction of sp³-hybridized carbons (Fsp3) is 0.484. The highest BCUT2D eigenvalue weighted by Gasteiger charge is 2.30. The number of ether oxygens (including phenoxy) is 1. The molecule has 0 unspecified atom stereocenters. The Kier molecular flexibility index (Phi) is 9.52. The number of morpholine rings is 1. The van der Waals surface area contributed by atoms with Gasteiger partial charge in [0.05, 0.1) is 37.4 Å². The Hall–Kier alpha value is -3.08. The molecule has 220 valence electrons. The van der Waals surface area contributed by atoms with E-state index in [2.05, 4.69) is 9.88 Å². The Labute approximate surface area is 242 Å². The smallest absolute Gasteiger partial charge is 0.254 e. The Balaban J connectivity index is 1.47. The van der Waals surface area contributed by atoms with Gasteiger partial charge >= 0.3 is 0 Å². The summed E-state index contributed by atoms with van der Waals surface area (Å²) in [4.78, 5) is 22.1. The van der Waals surface area contributed by atoms with Crippen molar-refractivity contribution in [2.75, 3.05) is 39.4 Å². The van der Waals surface area contributed by atoms with Gasteiger partial charge in [-0.25, -0.2) is 17.8 Å². The van der Waals surface area contributed by atoms with Crippen molar-refractivity contribution in [3.63, 3.8) is 0 Å². The molecule has 0 N–H and O–H groups in total. The first-order valence-electron chi connectivity index (χ1n) is 14.5. The number of hydrogen-bond acceptors (Lipinski definition) is 6. The maximum Gasteiger partial charge on any atom is 0.254 e. The maximum absolute atomic E-state index is 14.1. The molecule has 10 heteroatoms. The number of carbonyl (C=O) groups is 1. The number of amides is 1. The van der Waals surface area contributed by atoms with Crippen molar-refractivity contribution in [1.29, 1.82) is 0 Å². The SMILES string of the molecule is Cc1cccc(CS(=O)(=O)c2ncc(CN(CCN3CCOCC3)C(=O)c3cccc(F)c3)n2C2CCCCC2)c1. The number of rotatable bonds is 10. The lowest BCUT2D eigenvalue weighted by Gasteiger charge is -2.31. The van der Waals surface area contributed by atoms with Crippen LogP contribution in [0.3, 0.4) is 0 Å². The minimum absolute atomic E-state index is 0.00565. The van der Waals surface area contributed by atoms with Gasteiger partial charge in [0.2, 0.25) is 15.0 Å². The summed E-state index contributed by atoms with van der Waals surface area (Å²) in [7, 11) is -3.76. The fourth-order valence-corrected chi connectivity index (χ4v) is 7.41. The number of halogens is 1. The van der Waals surface area contributed by atoms with Crippen LogP contribution in [0.5, 0.6) is 0 Å². The molecular weight excluding hydrogens is 543 g/mol. The standard InChI is InChI=1S/C31H39FN4O4S/c1-24-7-5-8-25(19-24)23-41(38,39)31-33-21-29(36(31)28-11-3-2-4-12-28)22-35(14-13-34-15-17-40-18-16-34)30(37)26-9-6-10-27(32)20-26/h5-10,19-21,28H,2-4,11-18,22-23H2,1H3. The van der Waals surface area contributed by atoms with Crippen LogP contribution in [0.15, 0.2) is 59.9 Å². The first kappa shape index (κ1) is 29.4. The lowest BCUT2D eigenvalue weighted by molar-refractivity contribution is 0.0318. The average Bonchev–Trinajstić information content (AvgIpc) is 3.40. The van der Waals surface area contributed by atoms with E-state index in [1.54, 1.807) is 17.2 Å². The summed E-state index contributed by atoms with van der Waals surface area (Å²) in [6.07, 6.45) is 6.49. The molecule has 1 aromatic heterocycles. The van der Waals surface area contributed by atoms with Crippen molar-refractivity contribution in [3.05, 3.63) is 82.9 Å². The van der Waals surface area contributed by atoms with Crippen molar-refractivity contribution in [1.82, 2.24) is 19.4 Å². The van der Waals surface area contributed by atoms with Crippen molar-refractivity contribution in [3.8, 4) is 0 Å². The van der Waals surface area contributed by atoms with Crippen LogP contribution < -0.4 is 0 Å². The van der Waals surface area contributed by atoms with Gasteiger partial charge in [0, 0.05) is 37.8 Å². The molecule has 1 amide bonds. The number of nitrogens with zero attached hydrogens (tertiary/aromatic N) is 4. The molecule has 8 nitrogen and oxygen atoms in total. The Morgan fingerprint density at radius 1 is 1.07 bits per heavy atom. The first-order valence-corrected chi connectivity index (χ1v) is 16.1. The van der Waals surface area contributed by atoms with Crippen molar-refractivity contribution in [2.24, 2.45) is 0 Å². The number of imidazole rings is 1. The summed E-state index contributed by atoms with van der Waals surface area (Å²) < 4.78 is 49.0. The lowest BCUT2D eigenvalue weighted by atomic mass is 9.95. The number of sulfone groups is 1. The third-order valence-electron chi connectivity index (χ3n) is 8.00. The molecular formula is C31H39FN4O4S. The number of aromatic nitrogens is 2. The van der Waals surface area contributed by atoms with Gasteiger partial charge in [0.25, 0.3) is 5.91 Å². The van der Waals surface area contributed by atoms with E-state index in [0.717, 1.165) is 56.3 Å². The summed E-state index contributed by atoms with van der Waals surface area (Å²) >= 11 is 0. The minimum atomic E-state index is -3.76. The molecule has 2 aliphatic rings. The topological polar surface area (TPSA) is 84.7 Å². The molecule has 0 atom stereocenters. The number of hydrogen-bond donors (Lipinski definition) is 0. The summed E-state index contributed by atoms with van der Waals surface area (Å²) in [6.45, 7) is 6.04. The van der Waals surface area contributed by atoms with E-state index in [9.17, 15) is 17.6 Å². The molecule has 41 heavy (non-hydrogen) atoms. The number of carbonyl (C=O) groups excluding carboxylic acids is 1. The van der Waals surface area contributed by atoms with Crippen LogP contribution in [-0.4, -0.2) is 73.1 Å². The Morgan fingerprint density at radius 3 is 2.56 bits per heavy atom. The first-order chi connectivity index (χ1) is 19.8. The zero-order chi connectivity index (χ0) is 28.8. The molecule has 2 aromatic carbocycles. The second-order valence-electron chi connectivity index (χ2n) is 11.1. The molecule has 0 bridgehead atoms. The number of benzene rings is 2. The predicted molar refractivity (Wildman–Crippen MR) is 155 cm³/mol. The molecule has 1 aliphatic carbocycles. The maximum atomic E-state index is 14.1. The summed E-state index contributed by atoms with van der Waals surface area (Å²) in [5.74, 6) is -0.903. The molecule has 0 radical (unpaired) electrons. The van der Waals surface area contributed by atoms with Gasteiger partial charge < -0.3 is 14.2 Å². The van der Waals surface area contributed by atoms with E-state index in [0.29, 0.717) is 32.0 Å². The van der Waals surface area contributed by atoms with Crippen LogP contribution in [-0.2, 0) is 26.9 Å². The average molecular weight is 583 g/mol. The van der Waals surface area contributed by atoms with Gasteiger partial charge in [0.1, 0.15) is 5.82 Å². The van der Waals surface area contributed by atoms with Gasteiger partial charge in [-0.3, -0.25) is 9.69 Å². The Morgan fingerprint density at radius 2 is 1.83 bits per heavy atom. The third kappa shape index (κ3) is 7.42. The van der Waals surface area contributed by atoms with Crippen LogP contribution in [0, 0.1) is 12.7 Å². The summed E-state index contributed by atoms with van der Waals surface area (Å²) in [5.41, 5.74) is 2.67. The van der Waals surface area contributed by atoms with Crippen LogP contribution in [0.25, 0.3) is 0 Å². The van der Waals surface area contributed by atoms with Gasteiger partial charge in [-0.1, -0.05) is 55.2 Å². The zero-order valence-electron chi connectivity index (χ0n) is 23.7. The third-order valence-corrected chi connectivity index (χ3v) is 9.57. The molecule has 2 fully saturated rings. The van der Waals surface area contributed by atoms with E-state index >= 15 is 0 Å². The second-order valence-corrected chi connectivity index (χ2v) is 13.0. The largest absolute Gasteiger partial charge is 0.379 e.